The topological polar surface area (TPSA) is 68.4 Å². The monoisotopic (exact) mass is 172 g/mol. The molecule has 0 aliphatic carbocycles. The normalized spacial score (nSPS) is 9.92. The summed E-state index contributed by atoms with van der Waals surface area (Å²) in [4.78, 5) is 3.58. The van der Waals surface area contributed by atoms with Crippen LogP contribution in [0.5, 0.6) is 5.88 Å². The molecule has 0 saturated carbocycles. The third-order valence-corrected chi connectivity index (χ3v) is 1.41. The number of nitrogens with two attached hydrogens (primary N) is 1. The van der Waals surface area contributed by atoms with Crippen LogP contribution in [0, 0.1) is 5.82 Å². The van der Waals surface area contributed by atoms with E-state index in [4.69, 9.17) is 15.6 Å². The van der Waals surface area contributed by atoms with E-state index in [1.165, 1.54) is 7.11 Å². The third-order valence-electron chi connectivity index (χ3n) is 1.41. The van der Waals surface area contributed by atoms with Crippen LogP contribution in [-0.2, 0) is 6.61 Å². The van der Waals surface area contributed by atoms with Gasteiger partial charge in [-0.2, -0.15) is 4.98 Å². The molecule has 3 N–H and O–H groups in total. The van der Waals surface area contributed by atoms with Crippen LogP contribution < -0.4 is 10.5 Å². The molecule has 0 bridgehead atoms. The second-order valence-electron chi connectivity index (χ2n) is 2.18. The lowest BCUT2D eigenvalue weighted by atomic mass is 10.3. The number of methoxy groups -OCH3 is 1. The molecule has 0 fully saturated rings. The van der Waals surface area contributed by atoms with Gasteiger partial charge < -0.3 is 15.6 Å². The van der Waals surface area contributed by atoms with E-state index >= 15 is 0 Å². The lowest BCUT2D eigenvalue weighted by molar-refractivity contribution is 0.270. The molecule has 1 aromatic rings. The minimum Gasteiger partial charge on any atom is -0.481 e. The summed E-state index contributed by atoms with van der Waals surface area (Å²) in [6, 6.07) is 1.10. The highest BCUT2D eigenvalue weighted by Crippen LogP contribution is 2.19. The number of nitrogens with zero attached hydrogens (tertiary/aromatic N) is 1. The number of ether oxygens (including phenoxy) is 1. The fourth-order valence-electron chi connectivity index (χ4n) is 0.813. The minimum atomic E-state index is -0.653. The number of aliphatic hydroxyl groups is 1. The van der Waals surface area contributed by atoms with E-state index in [1.807, 2.05) is 0 Å². The predicted octanol–water partition coefficient (Wildman–Crippen LogP) is 0.304. The first-order valence-corrected chi connectivity index (χ1v) is 3.28. The van der Waals surface area contributed by atoms with Crippen molar-refractivity contribution < 1.29 is 14.2 Å². The first-order chi connectivity index (χ1) is 5.69. The van der Waals surface area contributed by atoms with Gasteiger partial charge >= 0.3 is 0 Å². The Morgan fingerprint density at radius 1 is 1.75 bits per heavy atom. The van der Waals surface area contributed by atoms with E-state index in [9.17, 15) is 4.39 Å². The van der Waals surface area contributed by atoms with Gasteiger partial charge in [0.1, 0.15) is 0 Å². The Kier molecular flexibility index (Phi) is 2.44. The summed E-state index contributed by atoms with van der Waals surface area (Å²) in [6.45, 7) is -0.326. The van der Waals surface area contributed by atoms with Crippen LogP contribution in [0.15, 0.2) is 6.07 Å². The SMILES string of the molecule is COc1nc(N)c(F)cc1CO. The van der Waals surface area contributed by atoms with Gasteiger partial charge in [0.05, 0.1) is 13.7 Å². The van der Waals surface area contributed by atoms with Gasteiger partial charge in [0.2, 0.25) is 5.88 Å². The number of hydrogen-bond acceptors (Lipinski definition) is 4. The van der Waals surface area contributed by atoms with Gasteiger partial charge in [-0.15, -0.1) is 0 Å². The average molecular weight is 172 g/mol. The van der Waals surface area contributed by atoms with E-state index in [2.05, 4.69) is 4.98 Å². The van der Waals surface area contributed by atoms with Crippen molar-refractivity contribution in [2.45, 2.75) is 6.61 Å². The van der Waals surface area contributed by atoms with Crippen molar-refractivity contribution in [1.82, 2.24) is 4.98 Å². The maximum atomic E-state index is 12.7. The Labute approximate surface area is 68.8 Å². The average Bonchev–Trinajstić information content (AvgIpc) is 2.09. The van der Waals surface area contributed by atoms with Gasteiger partial charge in [0.25, 0.3) is 0 Å². The van der Waals surface area contributed by atoms with Crippen LogP contribution in [0.1, 0.15) is 5.56 Å². The van der Waals surface area contributed by atoms with Crippen molar-refractivity contribution in [2.24, 2.45) is 0 Å². The fraction of sp³-hybridized carbons (Fsp3) is 0.286. The van der Waals surface area contributed by atoms with Gasteiger partial charge in [0, 0.05) is 5.56 Å². The molecule has 0 unspecified atom stereocenters. The van der Waals surface area contributed by atoms with Crippen LogP contribution in [-0.4, -0.2) is 17.2 Å². The van der Waals surface area contributed by atoms with Crippen LogP contribution >= 0.6 is 0 Å². The molecule has 66 valence electrons. The van der Waals surface area contributed by atoms with Crippen LogP contribution in [0.3, 0.4) is 0 Å². The lowest BCUT2D eigenvalue weighted by Crippen LogP contribution is -2.01. The molecule has 0 spiro atoms. The van der Waals surface area contributed by atoms with Crippen molar-refractivity contribution in [3.05, 3.63) is 17.4 Å². The number of halogens is 1. The molecule has 0 amide bonds. The summed E-state index contributed by atoms with van der Waals surface area (Å²) < 4.78 is 17.5. The van der Waals surface area contributed by atoms with Crippen LogP contribution in [0.25, 0.3) is 0 Å². The van der Waals surface area contributed by atoms with E-state index < -0.39 is 5.82 Å². The summed E-state index contributed by atoms with van der Waals surface area (Å²) >= 11 is 0. The summed E-state index contributed by atoms with van der Waals surface area (Å²) in [7, 11) is 1.37. The quantitative estimate of drug-likeness (QED) is 0.673. The Bertz CT molecular complexity index is 262. The second kappa shape index (κ2) is 3.36. The third kappa shape index (κ3) is 1.45. The standard InChI is InChI=1S/C7H9FN2O2/c1-12-7-4(3-11)2-5(8)6(9)10-7/h2,11H,3H2,1H3,(H2,9,10). The predicted molar refractivity (Wildman–Crippen MR) is 41.1 cm³/mol. The van der Waals surface area contributed by atoms with Crippen molar-refractivity contribution in [1.29, 1.82) is 0 Å². The van der Waals surface area contributed by atoms with E-state index in [0.717, 1.165) is 6.07 Å². The zero-order valence-electron chi connectivity index (χ0n) is 6.54. The van der Waals surface area contributed by atoms with Gasteiger partial charge in [-0.25, -0.2) is 4.39 Å². The summed E-state index contributed by atoms with van der Waals surface area (Å²) in [5, 5.41) is 8.74. The van der Waals surface area contributed by atoms with Crippen LogP contribution in [0.4, 0.5) is 10.2 Å². The molecule has 12 heavy (non-hydrogen) atoms. The molecule has 1 aromatic heterocycles. The number of rotatable bonds is 2. The van der Waals surface area contributed by atoms with Crippen molar-refractivity contribution in [3.8, 4) is 5.88 Å². The summed E-state index contributed by atoms with van der Waals surface area (Å²) in [6.07, 6.45) is 0. The number of pyridine rings is 1. The van der Waals surface area contributed by atoms with E-state index in [1.54, 1.807) is 0 Å². The van der Waals surface area contributed by atoms with E-state index in [0.29, 0.717) is 0 Å². The molecule has 0 aromatic carbocycles. The zero-order valence-corrected chi connectivity index (χ0v) is 6.54. The molecular formula is C7H9FN2O2. The summed E-state index contributed by atoms with van der Waals surface area (Å²) in [5.74, 6) is -0.736. The number of aromatic nitrogens is 1. The zero-order chi connectivity index (χ0) is 9.14. The maximum absolute atomic E-state index is 12.7. The Morgan fingerprint density at radius 2 is 2.42 bits per heavy atom. The molecule has 1 heterocycles. The summed E-state index contributed by atoms with van der Waals surface area (Å²) in [5.41, 5.74) is 5.45. The largest absolute Gasteiger partial charge is 0.481 e. The highest BCUT2D eigenvalue weighted by molar-refractivity contribution is 5.38. The van der Waals surface area contributed by atoms with Gasteiger partial charge in [-0.1, -0.05) is 0 Å². The molecular weight excluding hydrogens is 163 g/mol. The van der Waals surface area contributed by atoms with Crippen molar-refractivity contribution in [3.63, 3.8) is 0 Å². The molecule has 4 nitrogen and oxygen atoms in total. The molecule has 0 atom stereocenters. The number of anilines is 1. The van der Waals surface area contributed by atoms with Crippen molar-refractivity contribution in [2.75, 3.05) is 12.8 Å². The molecule has 0 aliphatic rings. The van der Waals surface area contributed by atoms with E-state index in [-0.39, 0.29) is 23.9 Å². The highest BCUT2D eigenvalue weighted by atomic mass is 19.1. The number of hydrogen-bond donors (Lipinski definition) is 2. The van der Waals surface area contributed by atoms with Gasteiger partial charge in [-0.3, -0.25) is 0 Å². The molecule has 0 saturated heterocycles. The Hall–Kier alpha value is -1.36. The molecule has 0 aliphatic heterocycles. The van der Waals surface area contributed by atoms with Crippen LogP contribution in [0.2, 0.25) is 0 Å². The lowest BCUT2D eigenvalue weighted by Gasteiger charge is -2.05. The minimum absolute atomic E-state index is 0.149. The van der Waals surface area contributed by atoms with Gasteiger partial charge in [-0.05, 0) is 6.07 Å². The Balaban J connectivity index is 3.19. The molecule has 5 heteroatoms. The van der Waals surface area contributed by atoms with Crippen molar-refractivity contribution >= 4 is 5.82 Å². The fourth-order valence-corrected chi connectivity index (χ4v) is 0.813. The highest BCUT2D eigenvalue weighted by Gasteiger charge is 2.08. The molecule has 0 radical (unpaired) electrons. The molecule has 1 rings (SSSR count). The number of aliphatic hydroxyl groups excluding tert-OH is 1. The Morgan fingerprint density at radius 3 is 2.92 bits per heavy atom. The maximum Gasteiger partial charge on any atom is 0.220 e. The first kappa shape index (κ1) is 8.73. The second-order valence-corrected chi connectivity index (χ2v) is 2.18. The van der Waals surface area contributed by atoms with Gasteiger partial charge in [0.15, 0.2) is 11.6 Å². The number of nitrogen functional groups attached to an aromatic ring is 1. The smallest absolute Gasteiger partial charge is 0.220 e. The first-order valence-electron chi connectivity index (χ1n) is 3.28.